The summed E-state index contributed by atoms with van der Waals surface area (Å²) < 4.78 is 26.2. The maximum absolute atomic E-state index is 10.7. The van der Waals surface area contributed by atoms with Crippen LogP contribution < -0.4 is 0 Å². The molecule has 0 aliphatic carbocycles. The van der Waals surface area contributed by atoms with Gasteiger partial charge in [0.2, 0.25) is 0 Å². The minimum absolute atomic E-state index is 0.438. The van der Waals surface area contributed by atoms with E-state index >= 15 is 0 Å². The zero-order chi connectivity index (χ0) is 10.5. The summed E-state index contributed by atoms with van der Waals surface area (Å²) in [5.41, 5.74) is 0. The van der Waals surface area contributed by atoms with Gasteiger partial charge in [-0.3, -0.25) is 4.18 Å². The van der Waals surface area contributed by atoms with E-state index in [1.807, 2.05) is 18.9 Å². The van der Waals surface area contributed by atoms with Gasteiger partial charge in [-0.15, -0.1) is 0 Å². The fourth-order valence-corrected chi connectivity index (χ4v) is 1.43. The van der Waals surface area contributed by atoms with E-state index in [-0.39, 0.29) is 0 Å². The maximum atomic E-state index is 10.7. The van der Waals surface area contributed by atoms with Crippen molar-refractivity contribution in [2.75, 3.05) is 26.4 Å². The molecule has 13 heavy (non-hydrogen) atoms. The molecule has 0 aliphatic rings. The summed E-state index contributed by atoms with van der Waals surface area (Å²) in [6, 6.07) is 0. The van der Waals surface area contributed by atoms with E-state index in [2.05, 4.69) is 21.8 Å². The van der Waals surface area contributed by atoms with Crippen LogP contribution in [-0.2, 0) is 14.3 Å². The van der Waals surface area contributed by atoms with E-state index in [4.69, 9.17) is 0 Å². The molecule has 0 amide bonds. The number of hydrogen-bond donors (Lipinski definition) is 0. The Hall–Kier alpha value is -0.0400. The second-order valence-corrected chi connectivity index (χ2v) is 4.60. The van der Waals surface area contributed by atoms with Crippen LogP contribution in [0.3, 0.4) is 0 Å². The minimum Gasteiger partial charge on any atom is -0.304 e. The van der Waals surface area contributed by atoms with Crippen molar-refractivity contribution in [2.45, 2.75) is 13.0 Å². The van der Waals surface area contributed by atoms with E-state index in [0.717, 1.165) is 12.8 Å². The SMILES string of the molecule is CCN(C)CC([C]=S)OS(C)(=O)=O. The van der Waals surface area contributed by atoms with Crippen molar-refractivity contribution in [1.82, 2.24) is 4.90 Å². The summed E-state index contributed by atoms with van der Waals surface area (Å²) in [5, 5.41) is 2.36. The molecule has 4 nitrogen and oxygen atoms in total. The van der Waals surface area contributed by atoms with Crippen LogP contribution in [0.1, 0.15) is 6.92 Å². The molecule has 0 saturated carbocycles. The molecule has 0 spiro atoms. The fraction of sp³-hybridized carbons (Fsp3) is 0.857. The second-order valence-electron chi connectivity index (χ2n) is 2.76. The van der Waals surface area contributed by atoms with Gasteiger partial charge in [-0.1, -0.05) is 19.1 Å². The van der Waals surface area contributed by atoms with E-state index in [1.165, 1.54) is 0 Å². The molecule has 0 fully saturated rings. The molecule has 0 aromatic carbocycles. The summed E-state index contributed by atoms with van der Waals surface area (Å²) in [6.45, 7) is 3.20. The number of hydrogen-bond acceptors (Lipinski definition) is 5. The van der Waals surface area contributed by atoms with E-state index in [1.54, 1.807) is 0 Å². The topological polar surface area (TPSA) is 46.6 Å². The predicted octanol–water partition coefficient (Wildman–Crippen LogP) is 0.160. The third kappa shape index (κ3) is 7.06. The lowest BCUT2D eigenvalue weighted by atomic mass is 10.4. The van der Waals surface area contributed by atoms with Gasteiger partial charge in [-0.05, 0) is 13.6 Å². The fourth-order valence-electron chi connectivity index (χ4n) is 0.711. The molecule has 1 unspecified atom stereocenters. The minimum atomic E-state index is -3.45. The van der Waals surface area contributed by atoms with Crippen molar-refractivity contribution >= 4 is 27.7 Å². The van der Waals surface area contributed by atoms with Crippen molar-refractivity contribution in [2.24, 2.45) is 0 Å². The average molecular weight is 224 g/mol. The molecular formula is C7H14NO3S2. The predicted molar refractivity (Wildman–Crippen MR) is 55.5 cm³/mol. The molecule has 0 N–H and O–H groups in total. The largest absolute Gasteiger partial charge is 0.304 e. The molecule has 1 radical (unpaired) electrons. The Balaban J connectivity index is 4.12. The first-order chi connectivity index (χ1) is 5.89. The van der Waals surface area contributed by atoms with Gasteiger partial charge < -0.3 is 4.90 Å². The molecule has 6 heteroatoms. The van der Waals surface area contributed by atoms with Crippen LogP contribution in [0.4, 0.5) is 0 Å². The van der Waals surface area contributed by atoms with E-state index in [9.17, 15) is 8.42 Å². The Morgan fingerprint density at radius 2 is 2.15 bits per heavy atom. The van der Waals surface area contributed by atoms with E-state index in [0.29, 0.717) is 6.54 Å². The third-order valence-electron chi connectivity index (χ3n) is 1.44. The van der Waals surface area contributed by atoms with Gasteiger partial charge in [0, 0.05) is 6.54 Å². The molecule has 0 aliphatic heterocycles. The van der Waals surface area contributed by atoms with Crippen LogP contribution in [0.2, 0.25) is 0 Å². The van der Waals surface area contributed by atoms with Crippen molar-refractivity contribution in [1.29, 1.82) is 0 Å². The summed E-state index contributed by atoms with van der Waals surface area (Å²) in [5.74, 6) is 0. The number of rotatable bonds is 6. The lowest BCUT2D eigenvalue weighted by molar-refractivity contribution is 0.214. The summed E-state index contributed by atoms with van der Waals surface area (Å²) in [7, 11) is -1.59. The van der Waals surface area contributed by atoms with Crippen LogP contribution in [0.25, 0.3) is 0 Å². The van der Waals surface area contributed by atoms with Gasteiger partial charge in [-0.2, -0.15) is 8.42 Å². The summed E-state index contributed by atoms with van der Waals surface area (Å²) in [4.78, 5) is 1.90. The Kier molecular flexibility index (Phi) is 5.62. The number of likely N-dealkylation sites (N-methyl/N-ethyl adjacent to an activating group) is 1. The van der Waals surface area contributed by atoms with Gasteiger partial charge >= 0.3 is 0 Å². The van der Waals surface area contributed by atoms with Gasteiger partial charge in [0.1, 0.15) is 6.10 Å². The van der Waals surface area contributed by atoms with Gasteiger partial charge in [0.15, 0.2) is 0 Å². The zero-order valence-corrected chi connectivity index (χ0v) is 9.61. The number of nitrogens with zero attached hydrogens (tertiary/aromatic N) is 1. The van der Waals surface area contributed by atoms with Crippen molar-refractivity contribution < 1.29 is 12.6 Å². The highest BCUT2D eigenvalue weighted by atomic mass is 32.2. The zero-order valence-electron chi connectivity index (χ0n) is 7.98. The Morgan fingerprint density at radius 1 is 1.62 bits per heavy atom. The standard InChI is InChI=1S/C7H14NO3S2/c1-4-8(2)5-7(6-12)11-13(3,9)10/h7H,4-5H2,1-3H3. The number of thiocarbonyl (C=S) groups is 1. The van der Waals surface area contributed by atoms with E-state index < -0.39 is 16.2 Å². The first-order valence-electron chi connectivity index (χ1n) is 3.83. The highest BCUT2D eigenvalue weighted by Crippen LogP contribution is 1.98. The quantitative estimate of drug-likeness (QED) is 0.475. The Labute approximate surface area is 85.0 Å². The van der Waals surface area contributed by atoms with Crippen LogP contribution in [0.15, 0.2) is 0 Å². The molecule has 0 heterocycles. The Morgan fingerprint density at radius 3 is 2.46 bits per heavy atom. The van der Waals surface area contributed by atoms with Gasteiger partial charge in [-0.25, -0.2) is 0 Å². The average Bonchev–Trinajstić information content (AvgIpc) is 2.00. The van der Waals surface area contributed by atoms with Crippen LogP contribution in [0.5, 0.6) is 0 Å². The van der Waals surface area contributed by atoms with Gasteiger partial charge in [0.05, 0.1) is 11.6 Å². The van der Waals surface area contributed by atoms with Gasteiger partial charge in [0.25, 0.3) is 10.1 Å². The lowest BCUT2D eigenvalue weighted by Gasteiger charge is -2.18. The molecule has 0 aromatic heterocycles. The summed E-state index contributed by atoms with van der Waals surface area (Å²) >= 11 is 4.54. The first kappa shape index (κ1) is 13.0. The summed E-state index contributed by atoms with van der Waals surface area (Å²) in [6.07, 6.45) is 0.341. The third-order valence-corrected chi connectivity index (χ3v) is 2.28. The molecule has 0 saturated heterocycles. The molecule has 0 rings (SSSR count). The molecule has 1 atom stereocenters. The normalized spacial score (nSPS) is 14.5. The highest BCUT2D eigenvalue weighted by Gasteiger charge is 2.14. The lowest BCUT2D eigenvalue weighted by Crippen LogP contribution is -2.32. The highest BCUT2D eigenvalue weighted by molar-refractivity contribution is 7.86. The Bertz CT molecular complexity index is 250. The monoisotopic (exact) mass is 224 g/mol. The maximum Gasteiger partial charge on any atom is 0.265 e. The molecule has 0 aromatic rings. The van der Waals surface area contributed by atoms with Crippen molar-refractivity contribution in [3.63, 3.8) is 0 Å². The van der Waals surface area contributed by atoms with Crippen LogP contribution >= 0.6 is 12.2 Å². The smallest absolute Gasteiger partial charge is 0.265 e. The first-order valence-corrected chi connectivity index (χ1v) is 6.06. The van der Waals surface area contributed by atoms with Crippen molar-refractivity contribution in [3.05, 3.63) is 0 Å². The molecule has 77 valence electrons. The van der Waals surface area contributed by atoms with Crippen LogP contribution in [-0.4, -0.2) is 51.2 Å². The van der Waals surface area contributed by atoms with Crippen LogP contribution in [0, 0.1) is 0 Å². The molecular weight excluding hydrogens is 210 g/mol. The second kappa shape index (κ2) is 5.64. The van der Waals surface area contributed by atoms with Crippen molar-refractivity contribution in [3.8, 4) is 0 Å². The molecule has 0 bridgehead atoms.